The van der Waals surface area contributed by atoms with Gasteiger partial charge >= 0.3 is 0 Å². The molecule has 0 unspecified atom stereocenters. The molecule has 0 saturated heterocycles. The van der Waals surface area contributed by atoms with E-state index in [2.05, 4.69) is 5.32 Å². The molecule has 34 heavy (non-hydrogen) atoms. The molecular weight excluding hydrogens is 497 g/mol. The lowest BCUT2D eigenvalue weighted by atomic mass is 10.0. The second-order valence-corrected chi connectivity index (χ2v) is 11.0. The predicted molar refractivity (Wildman–Crippen MR) is 138 cm³/mol. The lowest BCUT2D eigenvalue weighted by molar-refractivity contribution is -0.139. The van der Waals surface area contributed by atoms with E-state index in [1.54, 1.807) is 44.2 Å². The number of anilines is 1. The van der Waals surface area contributed by atoms with Gasteiger partial charge in [0.2, 0.25) is 21.8 Å². The molecule has 2 aromatic carbocycles. The Kier molecular flexibility index (Phi) is 9.79. The van der Waals surface area contributed by atoms with Gasteiger partial charge in [-0.15, -0.1) is 0 Å². The molecular formula is C24H31Cl2N3O4S. The second kappa shape index (κ2) is 11.9. The lowest BCUT2D eigenvalue weighted by Gasteiger charge is -2.32. The molecule has 10 heteroatoms. The van der Waals surface area contributed by atoms with Crippen molar-refractivity contribution in [1.82, 2.24) is 10.2 Å². The van der Waals surface area contributed by atoms with Crippen LogP contribution in [0.2, 0.25) is 10.0 Å². The minimum Gasteiger partial charge on any atom is -0.355 e. The van der Waals surface area contributed by atoms with Crippen LogP contribution < -0.4 is 9.62 Å². The summed E-state index contributed by atoms with van der Waals surface area (Å²) in [6.45, 7) is 7.27. The first-order valence-corrected chi connectivity index (χ1v) is 13.5. The van der Waals surface area contributed by atoms with E-state index in [4.69, 9.17) is 23.2 Å². The fraction of sp³-hybridized carbons (Fsp3) is 0.417. The molecule has 0 aliphatic carbocycles. The number of amides is 2. The molecule has 0 fully saturated rings. The van der Waals surface area contributed by atoms with Gasteiger partial charge in [0.15, 0.2) is 0 Å². The van der Waals surface area contributed by atoms with Crippen LogP contribution in [-0.4, -0.2) is 50.5 Å². The van der Waals surface area contributed by atoms with E-state index in [9.17, 15) is 18.0 Å². The molecule has 2 aromatic rings. The van der Waals surface area contributed by atoms with Crippen LogP contribution in [0.5, 0.6) is 0 Å². The Bertz CT molecular complexity index is 1100. The van der Waals surface area contributed by atoms with Crippen LogP contribution in [0.3, 0.4) is 0 Å². The molecule has 7 nitrogen and oxygen atoms in total. The maximum atomic E-state index is 13.5. The zero-order chi connectivity index (χ0) is 25.6. The third-order valence-corrected chi connectivity index (χ3v) is 7.28. The Morgan fingerprint density at radius 3 is 2.03 bits per heavy atom. The highest BCUT2D eigenvalue weighted by Crippen LogP contribution is 2.27. The summed E-state index contributed by atoms with van der Waals surface area (Å²) >= 11 is 12.6. The van der Waals surface area contributed by atoms with E-state index in [0.29, 0.717) is 27.8 Å². The van der Waals surface area contributed by atoms with Crippen molar-refractivity contribution in [2.45, 2.75) is 46.2 Å². The van der Waals surface area contributed by atoms with Gasteiger partial charge in [-0.05, 0) is 49.6 Å². The van der Waals surface area contributed by atoms with Crippen molar-refractivity contribution in [2.75, 3.05) is 23.7 Å². The van der Waals surface area contributed by atoms with Crippen LogP contribution in [-0.2, 0) is 26.2 Å². The summed E-state index contributed by atoms with van der Waals surface area (Å²) in [5.74, 6) is -0.657. The minimum atomic E-state index is -3.79. The van der Waals surface area contributed by atoms with Crippen LogP contribution in [0, 0.1) is 0 Å². The Morgan fingerprint density at radius 1 is 1.00 bits per heavy atom. The zero-order valence-electron chi connectivity index (χ0n) is 20.0. The van der Waals surface area contributed by atoms with E-state index in [-0.39, 0.29) is 18.4 Å². The van der Waals surface area contributed by atoms with Gasteiger partial charge in [0.1, 0.15) is 12.6 Å². The van der Waals surface area contributed by atoms with Gasteiger partial charge in [-0.3, -0.25) is 13.9 Å². The number of carbonyl (C=O) groups is 2. The van der Waals surface area contributed by atoms with Gasteiger partial charge in [-0.1, -0.05) is 55.2 Å². The van der Waals surface area contributed by atoms with Crippen molar-refractivity contribution in [1.29, 1.82) is 0 Å². The third-order valence-electron chi connectivity index (χ3n) is 5.44. The average molecular weight is 529 g/mol. The summed E-state index contributed by atoms with van der Waals surface area (Å²) in [7, 11) is -3.79. The van der Waals surface area contributed by atoms with Crippen molar-refractivity contribution in [3.8, 4) is 0 Å². The van der Waals surface area contributed by atoms with Gasteiger partial charge in [-0.2, -0.15) is 0 Å². The largest absolute Gasteiger partial charge is 0.355 e. The van der Waals surface area contributed by atoms with Crippen LogP contribution in [0.25, 0.3) is 0 Å². The van der Waals surface area contributed by atoms with E-state index in [1.165, 1.54) is 4.90 Å². The molecule has 2 amide bonds. The zero-order valence-corrected chi connectivity index (χ0v) is 22.3. The molecule has 0 spiro atoms. The minimum absolute atomic E-state index is 0.0560. The van der Waals surface area contributed by atoms with E-state index in [0.717, 1.165) is 16.1 Å². The van der Waals surface area contributed by atoms with Gasteiger partial charge in [0.25, 0.3) is 0 Å². The Hall–Kier alpha value is -2.29. The number of benzene rings is 2. The van der Waals surface area contributed by atoms with Crippen molar-refractivity contribution in [3.05, 3.63) is 63.6 Å². The molecule has 0 heterocycles. The number of hydrogen-bond acceptors (Lipinski definition) is 4. The van der Waals surface area contributed by atoms with Gasteiger partial charge in [0.05, 0.1) is 11.9 Å². The molecule has 2 rings (SSSR count). The summed E-state index contributed by atoms with van der Waals surface area (Å²) in [5.41, 5.74) is 1.88. The summed E-state index contributed by atoms with van der Waals surface area (Å²) in [5, 5.41) is 3.39. The molecule has 1 atom stereocenters. The van der Waals surface area contributed by atoms with E-state index >= 15 is 0 Å². The van der Waals surface area contributed by atoms with Crippen molar-refractivity contribution in [2.24, 2.45) is 0 Å². The second-order valence-electron chi connectivity index (χ2n) is 8.31. The Morgan fingerprint density at radius 2 is 1.56 bits per heavy atom. The smallest absolute Gasteiger partial charge is 0.244 e. The fourth-order valence-corrected chi connectivity index (χ4v) is 4.76. The van der Waals surface area contributed by atoms with Gasteiger partial charge in [-0.25, -0.2) is 8.42 Å². The summed E-state index contributed by atoms with van der Waals surface area (Å²) in [6.07, 6.45) is 1.04. The van der Waals surface area contributed by atoms with E-state index < -0.39 is 28.5 Å². The normalized spacial score (nSPS) is 12.4. The van der Waals surface area contributed by atoms with Crippen LogP contribution in [0.4, 0.5) is 5.69 Å². The Labute approximate surface area is 212 Å². The predicted octanol–water partition coefficient (Wildman–Crippen LogP) is 4.44. The standard InChI is InChI=1S/C24H31Cl2N3O4S/c1-6-27-24(31)17(4)28(14-20-21(25)8-7-9-22(20)26)23(30)15-29(34(5,32)33)19-12-10-18(11-13-19)16(2)3/h7-13,16-17H,6,14-15H2,1-5H3,(H,27,31)/t17-/m1/s1. The molecule has 0 aliphatic heterocycles. The molecule has 0 radical (unpaired) electrons. The van der Waals surface area contributed by atoms with Crippen molar-refractivity contribution >= 4 is 50.7 Å². The highest BCUT2D eigenvalue weighted by atomic mass is 35.5. The number of nitrogens with zero attached hydrogens (tertiary/aromatic N) is 2. The van der Waals surface area contributed by atoms with Gasteiger partial charge in [0, 0.05) is 28.7 Å². The number of rotatable bonds is 10. The molecule has 0 aromatic heterocycles. The Balaban J connectivity index is 2.43. The van der Waals surface area contributed by atoms with Crippen molar-refractivity contribution < 1.29 is 18.0 Å². The third kappa shape index (κ3) is 7.10. The topological polar surface area (TPSA) is 86.8 Å². The van der Waals surface area contributed by atoms with Crippen molar-refractivity contribution in [3.63, 3.8) is 0 Å². The number of hydrogen-bond donors (Lipinski definition) is 1. The van der Waals surface area contributed by atoms with E-state index in [1.807, 2.05) is 26.0 Å². The highest BCUT2D eigenvalue weighted by Gasteiger charge is 2.30. The number of halogens is 2. The first-order valence-electron chi connectivity index (χ1n) is 10.9. The summed E-state index contributed by atoms with van der Waals surface area (Å²) in [6, 6.07) is 11.1. The number of carbonyl (C=O) groups excluding carboxylic acids is 2. The lowest BCUT2D eigenvalue weighted by Crippen LogP contribution is -2.51. The maximum Gasteiger partial charge on any atom is 0.244 e. The summed E-state index contributed by atoms with van der Waals surface area (Å²) in [4.78, 5) is 27.4. The van der Waals surface area contributed by atoms with Crippen LogP contribution in [0.1, 0.15) is 44.7 Å². The van der Waals surface area contributed by atoms with Crippen LogP contribution >= 0.6 is 23.2 Å². The molecule has 0 saturated carbocycles. The number of nitrogens with one attached hydrogen (secondary N) is 1. The summed E-state index contributed by atoms with van der Waals surface area (Å²) < 4.78 is 26.3. The average Bonchev–Trinajstić information content (AvgIpc) is 2.76. The molecule has 0 aliphatic rings. The first kappa shape index (κ1) is 28.0. The van der Waals surface area contributed by atoms with Gasteiger partial charge < -0.3 is 10.2 Å². The fourth-order valence-electron chi connectivity index (χ4n) is 3.40. The maximum absolute atomic E-state index is 13.5. The van der Waals surface area contributed by atoms with Crippen LogP contribution in [0.15, 0.2) is 42.5 Å². The quantitative estimate of drug-likeness (QED) is 0.494. The number of likely N-dealkylation sites (N-methyl/N-ethyl adjacent to an activating group) is 1. The monoisotopic (exact) mass is 527 g/mol. The number of sulfonamides is 1. The highest BCUT2D eigenvalue weighted by molar-refractivity contribution is 7.92. The SMILES string of the molecule is CCNC(=O)[C@@H](C)N(Cc1c(Cl)cccc1Cl)C(=O)CN(c1ccc(C(C)C)cc1)S(C)(=O)=O. The first-order chi connectivity index (χ1) is 15.9. The molecule has 186 valence electrons. The molecule has 0 bridgehead atoms. The molecule has 1 N–H and O–H groups in total.